The smallest absolute Gasteiger partial charge is 0.404 e. The van der Waals surface area contributed by atoms with Crippen molar-refractivity contribution in [2.45, 2.75) is 62.4 Å². The van der Waals surface area contributed by atoms with Crippen LogP contribution in [0, 0.1) is 0 Å². The summed E-state index contributed by atoms with van der Waals surface area (Å²) in [6.07, 6.45) is -4.39. The molecular weight excluding hydrogens is 548 g/mol. The number of fused-ring (bicyclic) bond motifs is 3. The van der Waals surface area contributed by atoms with Crippen LogP contribution in [0.2, 0.25) is 0 Å². The summed E-state index contributed by atoms with van der Waals surface area (Å²) in [7, 11) is 1.52. The van der Waals surface area contributed by atoms with Crippen LogP contribution in [0.25, 0.3) is 0 Å². The first-order valence-corrected chi connectivity index (χ1v) is 12.5. The van der Waals surface area contributed by atoms with Crippen LogP contribution in [-0.4, -0.2) is 76.8 Å². The Morgan fingerprint density at radius 3 is 2.27 bits per heavy atom. The molecule has 13 heteroatoms. The van der Waals surface area contributed by atoms with Gasteiger partial charge < -0.3 is 45.7 Å². The number of primary amides is 1. The molecule has 0 bridgehead atoms. The van der Waals surface area contributed by atoms with E-state index in [9.17, 15) is 29.7 Å². The number of phenolic OH excluding ortho intramolecular Hbond substituents is 2. The summed E-state index contributed by atoms with van der Waals surface area (Å²) >= 11 is 0. The van der Waals surface area contributed by atoms with Gasteiger partial charge in [-0.1, -0.05) is 24.3 Å². The molecule has 0 saturated carbocycles. The van der Waals surface area contributed by atoms with Gasteiger partial charge in [0, 0.05) is 54.7 Å². The summed E-state index contributed by atoms with van der Waals surface area (Å²) in [4.78, 5) is 38.1. The molecule has 3 aliphatic rings. The summed E-state index contributed by atoms with van der Waals surface area (Å²) in [5.41, 5.74) is 8.99. The Kier molecular flexibility index (Phi) is 8.14. The van der Waals surface area contributed by atoms with Crippen LogP contribution in [0.5, 0.6) is 11.5 Å². The van der Waals surface area contributed by atoms with Gasteiger partial charge in [0.1, 0.15) is 23.7 Å². The van der Waals surface area contributed by atoms with Crippen molar-refractivity contribution in [3.63, 3.8) is 0 Å². The number of ketones is 2. The number of hydrogen-bond donors (Lipinski definition) is 5. The molecule has 2 aromatic carbocycles. The van der Waals surface area contributed by atoms with Crippen LogP contribution in [0.3, 0.4) is 0 Å². The van der Waals surface area contributed by atoms with Crippen LogP contribution < -0.4 is 11.5 Å². The number of carbonyl (C=O) groups excluding carboxylic acids is 3. The molecule has 2 aliphatic carbocycles. The summed E-state index contributed by atoms with van der Waals surface area (Å²) < 4.78 is 22.4. The fourth-order valence-electron chi connectivity index (χ4n) is 5.90. The number of hydrogen-bond acceptors (Lipinski definition) is 11. The number of ether oxygens (including phenoxy) is 4. The van der Waals surface area contributed by atoms with Crippen LogP contribution in [0.4, 0.5) is 4.79 Å². The highest BCUT2D eigenvalue weighted by Crippen LogP contribution is 2.51. The maximum Gasteiger partial charge on any atom is 0.404 e. The van der Waals surface area contributed by atoms with Gasteiger partial charge in [-0.05, 0) is 6.92 Å². The number of aliphatic hydroxyl groups is 1. The first kappa shape index (κ1) is 29.7. The van der Waals surface area contributed by atoms with Crippen LogP contribution in [0.1, 0.15) is 68.8 Å². The molecule has 12 nitrogen and oxygen atoms in total. The molecule has 1 unspecified atom stereocenters. The average molecular weight is 579 g/mol. The molecular formula is C27H31ClN2O10. The van der Waals surface area contributed by atoms with Crippen LogP contribution in [-0.2, 0) is 25.4 Å². The standard InChI is InChI=1S/C27H30N2O10.ClH/c1-11-25(36-2)15(28)7-17(38-11)39-16-9-27(35,10-37-26(29)34)8-14-18(16)24(33)20-19(23(14)32)21(30)12-5-3-4-6-13(12)22(20)31;/h3-6,11,15-17,25,32-33,35H,7-10,28H2,1-2H3,(H2,29,34);1H/t11-,15+,16+,17+,25+,27?;/m1./s1. The van der Waals surface area contributed by atoms with Crippen molar-refractivity contribution < 1.29 is 48.7 Å². The molecule has 0 aromatic heterocycles. The van der Waals surface area contributed by atoms with E-state index in [-0.39, 0.29) is 65.1 Å². The number of aromatic hydroxyl groups is 2. The fourth-order valence-corrected chi connectivity index (χ4v) is 5.90. The minimum atomic E-state index is -1.80. The quantitative estimate of drug-likeness (QED) is 0.275. The minimum absolute atomic E-state index is 0. The highest BCUT2D eigenvalue weighted by atomic mass is 35.5. The second-order valence-corrected chi connectivity index (χ2v) is 10.3. The number of rotatable bonds is 5. The third kappa shape index (κ3) is 4.91. The molecule has 0 spiro atoms. The van der Waals surface area contributed by atoms with Crippen molar-refractivity contribution in [2.24, 2.45) is 11.5 Å². The van der Waals surface area contributed by atoms with E-state index < -0.39 is 72.0 Å². The van der Waals surface area contributed by atoms with E-state index >= 15 is 0 Å². The van der Waals surface area contributed by atoms with E-state index in [2.05, 4.69) is 0 Å². The SMILES string of the molecule is CO[C@@H]1[C@@H](N)C[C@H](O[C@H]2CC(O)(COC(N)=O)Cc3c(O)c4c(c(O)c32)C(=O)c2ccccc2C4=O)O[C@@H]1C.Cl. The Morgan fingerprint density at radius 1 is 1.12 bits per heavy atom. The van der Waals surface area contributed by atoms with Crippen molar-refractivity contribution in [2.75, 3.05) is 13.7 Å². The predicted molar refractivity (Wildman–Crippen MR) is 141 cm³/mol. The first-order valence-electron chi connectivity index (χ1n) is 12.5. The molecule has 6 atom stereocenters. The molecule has 1 amide bonds. The van der Waals surface area contributed by atoms with Crippen LogP contribution >= 0.6 is 12.4 Å². The topological polar surface area (TPSA) is 201 Å². The summed E-state index contributed by atoms with van der Waals surface area (Å²) in [5, 5.41) is 34.2. The second-order valence-electron chi connectivity index (χ2n) is 10.3. The third-order valence-corrected chi connectivity index (χ3v) is 7.64. The van der Waals surface area contributed by atoms with E-state index in [0.717, 1.165) is 0 Å². The average Bonchev–Trinajstić information content (AvgIpc) is 2.88. The first-order chi connectivity index (χ1) is 18.5. The van der Waals surface area contributed by atoms with Gasteiger partial charge in [-0.2, -0.15) is 0 Å². The summed E-state index contributed by atoms with van der Waals surface area (Å²) in [6, 6.07) is 5.64. The number of nitrogens with two attached hydrogens (primary N) is 2. The van der Waals surface area contributed by atoms with E-state index in [1.54, 1.807) is 19.1 Å². The molecule has 7 N–H and O–H groups in total. The number of carbonyl (C=O) groups is 3. The number of methoxy groups -OCH3 is 1. The van der Waals surface area contributed by atoms with Gasteiger partial charge in [-0.15, -0.1) is 12.4 Å². The van der Waals surface area contributed by atoms with Crippen molar-refractivity contribution in [1.82, 2.24) is 0 Å². The van der Waals surface area contributed by atoms with Crippen molar-refractivity contribution >= 4 is 30.1 Å². The molecule has 5 rings (SSSR count). The second kappa shape index (κ2) is 11.0. The lowest BCUT2D eigenvalue weighted by Crippen LogP contribution is -2.53. The van der Waals surface area contributed by atoms with E-state index in [1.807, 2.05) is 0 Å². The van der Waals surface area contributed by atoms with Gasteiger partial charge >= 0.3 is 6.09 Å². The molecule has 0 radical (unpaired) electrons. The van der Waals surface area contributed by atoms with E-state index in [4.69, 9.17) is 30.4 Å². The minimum Gasteiger partial charge on any atom is -0.507 e. The lowest BCUT2D eigenvalue weighted by atomic mass is 9.73. The molecule has 2 aromatic rings. The molecule has 40 heavy (non-hydrogen) atoms. The predicted octanol–water partition coefficient (Wildman–Crippen LogP) is 1.60. The Labute approximate surface area is 235 Å². The third-order valence-electron chi connectivity index (χ3n) is 7.64. The van der Waals surface area contributed by atoms with Gasteiger partial charge in [0.15, 0.2) is 17.9 Å². The molecule has 1 aliphatic heterocycles. The zero-order chi connectivity index (χ0) is 28.2. The number of amides is 1. The highest BCUT2D eigenvalue weighted by Gasteiger charge is 2.48. The number of halogens is 1. The molecule has 1 fully saturated rings. The molecule has 1 saturated heterocycles. The van der Waals surface area contributed by atoms with Crippen LogP contribution in [0.15, 0.2) is 24.3 Å². The summed E-state index contributed by atoms with van der Waals surface area (Å²) in [5.74, 6) is -2.42. The van der Waals surface area contributed by atoms with Gasteiger partial charge in [0.25, 0.3) is 0 Å². The van der Waals surface area contributed by atoms with Gasteiger partial charge in [0.2, 0.25) is 0 Å². The van der Waals surface area contributed by atoms with Crippen molar-refractivity contribution in [3.8, 4) is 11.5 Å². The normalized spacial score (nSPS) is 29.1. The monoisotopic (exact) mass is 578 g/mol. The largest absolute Gasteiger partial charge is 0.507 e. The van der Waals surface area contributed by atoms with Gasteiger partial charge in [-0.3, -0.25) is 9.59 Å². The Bertz CT molecular complexity index is 1360. The Hall–Kier alpha value is -3.26. The van der Waals surface area contributed by atoms with E-state index in [1.165, 1.54) is 19.2 Å². The highest BCUT2D eigenvalue weighted by molar-refractivity contribution is 6.30. The van der Waals surface area contributed by atoms with Gasteiger partial charge in [0.05, 0.1) is 29.4 Å². The summed E-state index contributed by atoms with van der Waals surface area (Å²) in [6.45, 7) is 1.21. The Morgan fingerprint density at radius 2 is 1.73 bits per heavy atom. The number of benzene rings is 2. The lowest BCUT2D eigenvalue weighted by Gasteiger charge is -2.43. The zero-order valence-electron chi connectivity index (χ0n) is 21.8. The maximum absolute atomic E-state index is 13.4. The fraction of sp³-hybridized carbons (Fsp3) is 0.444. The molecule has 1 heterocycles. The molecule has 216 valence electrons. The zero-order valence-corrected chi connectivity index (χ0v) is 22.6. The maximum atomic E-state index is 13.4. The van der Waals surface area contributed by atoms with Gasteiger partial charge in [-0.25, -0.2) is 4.79 Å². The number of phenols is 2. The van der Waals surface area contributed by atoms with E-state index in [0.29, 0.717) is 0 Å². The lowest BCUT2D eigenvalue weighted by molar-refractivity contribution is -0.251. The Balaban J connectivity index is 0.00000370. The van der Waals surface area contributed by atoms with Crippen molar-refractivity contribution in [1.29, 1.82) is 0 Å². The van der Waals surface area contributed by atoms with Crippen molar-refractivity contribution in [3.05, 3.63) is 57.6 Å².